The van der Waals surface area contributed by atoms with Crippen molar-refractivity contribution < 1.29 is 0 Å². The van der Waals surface area contributed by atoms with Crippen molar-refractivity contribution in [3.05, 3.63) is 144 Å². The van der Waals surface area contributed by atoms with Crippen molar-refractivity contribution >= 4 is 65.1 Å². The Bertz CT molecular complexity index is 2620. The molecule has 54 heavy (non-hydrogen) atoms. The zero-order valence-corrected chi connectivity index (χ0v) is 32.0. The van der Waals surface area contributed by atoms with Gasteiger partial charge in [-0.1, -0.05) is 107 Å². The number of hydrogen-bond acceptors (Lipinski definition) is 9. The fourth-order valence-corrected chi connectivity index (χ4v) is 10.6. The van der Waals surface area contributed by atoms with Crippen molar-refractivity contribution in [1.82, 2.24) is 29.9 Å². The third-order valence-corrected chi connectivity index (χ3v) is 13.1. The summed E-state index contributed by atoms with van der Waals surface area (Å²) >= 11 is 4.89. The molecule has 9 heteroatoms. The molecule has 10 rings (SSSR count). The molecule has 6 nitrogen and oxygen atoms in total. The van der Waals surface area contributed by atoms with Gasteiger partial charge >= 0.3 is 0 Å². The minimum atomic E-state index is 0.907. The van der Waals surface area contributed by atoms with Gasteiger partial charge in [-0.05, 0) is 107 Å². The molecule has 0 saturated carbocycles. The van der Waals surface area contributed by atoms with Gasteiger partial charge in [-0.2, -0.15) is 0 Å². The third kappa shape index (κ3) is 5.35. The van der Waals surface area contributed by atoms with Gasteiger partial charge in [0.15, 0.2) is 0 Å². The van der Waals surface area contributed by atoms with Crippen LogP contribution >= 0.6 is 34.0 Å². The van der Waals surface area contributed by atoms with Crippen LogP contribution in [0.25, 0.3) is 96.1 Å². The maximum atomic E-state index is 5.09. The maximum Gasteiger partial charge on any atom is 0.143 e. The molecule has 0 atom stereocenters. The molecule has 10 aromatic rings. The molecule has 0 aliphatic carbocycles. The summed E-state index contributed by atoms with van der Waals surface area (Å²) in [5, 5.41) is 2.85. The first-order valence-corrected chi connectivity index (χ1v) is 20.1. The molecule has 0 unspecified atom stereocenters. The molecule has 6 aromatic heterocycles. The van der Waals surface area contributed by atoms with Crippen LogP contribution < -0.4 is 0 Å². The Morgan fingerprint density at radius 2 is 0.611 bits per heavy atom. The van der Waals surface area contributed by atoms with Crippen LogP contribution in [0.15, 0.2) is 128 Å². The van der Waals surface area contributed by atoms with E-state index in [4.69, 9.17) is 15.0 Å². The molecular formula is C45H30N6S3. The van der Waals surface area contributed by atoms with Gasteiger partial charge in [-0.15, -0.1) is 0 Å². The van der Waals surface area contributed by atoms with Crippen molar-refractivity contribution in [3.8, 4) is 65.1 Å². The number of thiazole rings is 3. The topological polar surface area (TPSA) is 77.3 Å². The highest BCUT2D eigenvalue weighted by molar-refractivity contribution is 7.22. The first kappa shape index (κ1) is 32.6. The third-order valence-electron chi connectivity index (χ3n) is 10.0. The summed E-state index contributed by atoms with van der Waals surface area (Å²) in [4.78, 5) is 31.9. The molecule has 0 radical (unpaired) electrons. The van der Waals surface area contributed by atoms with Gasteiger partial charge < -0.3 is 0 Å². The van der Waals surface area contributed by atoms with Crippen molar-refractivity contribution in [2.75, 3.05) is 0 Å². The SMILES string of the molecule is Cc1c(-c2ccccc2-c2nc3cccnc3s2)c(C)c(-c2ccccc2-c2nc3cccnc3s2)c(C)c1-c1ccccc1-c1nc2cccnc2s1. The highest BCUT2D eigenvalue weighted by atomic mass is 32.1. The Morgan fingerprint density at radius 1 is 0.333 bits per heavy atom. The van der Waals surface area contributed by atoms with Gasteiger partial charge in [0.25, 0.3) is 0 Å². The minimum absolute atomic E-state index is 0.907. The fraction of sp³-hybridized carbons (Fsp3) is 0.0667. The van der Waals surface area contributed by atoms with Crippen LogP contribution in [0.4, 0.5) is 0 Å². The van der Waals surface area contributed by atoms with Gasteiger partial charge in [0.2, 0.25) is 0 Å². The van der Waals surface area contributed by atoms with Crippen molar-refractivity contribution in [1.29, 1.82) is 0 Å². The van der Waals surface area contributed by atoms with E-state index >= 15 is 0 Å². The summed E-state index contributed by atoms with van der Waals surface area (Å²) < 4.78 is 0. The van der Waals surface area contributed by atoms with E-state index in [0.717, 1.165) is 79.4 Å². The summed E-state index contributed by atoms with van der Waals surface area (Å²) in [5.74, 6) is 0. The Morgan fingerprint density at radius 3 is 0.889 bits per heavy atom. The van der Waals surface area contributed by atoms with Crippen LogP contribution in [0.3, 0.4) is 0 Å². The smallest absolute Gasteiger partial charge is 0.143 e. The predicted molar refractivity (Wildman–Crippen MR) is 226 cm³/mol. The highest BCUT2D eigenvalue weighted by Crippen LogP contribution is 2.50. The Kier molecular flexibility index (Phi) is 7.94. The zero-order chi connectivity index (χ0) is 36.3. The van der Waals surface area contributed by atoms with E-state index in [2.05, 4.69) is 109 Å². The summed E-state index contributed by atoms with van der Waals surface area (Å²) in [6.07, 6.45) is 5.50. The van der Waals surface area contributed by atoms with E-state index in [1.165, 1.54) is 33.4 Å². The molecule has 0 fully saturated rings. The summed E-state index contributed by atoms with van der Waals surface area (Å²) in [5.41, 5.74) is 16.6. The van der Waals surface area contributed by atoms with Crippen molar-refractivity contribution in [2.24, 2.45) is 0 Å². The van der Waals surface area contributed by atoms with E-state index < -0.39 is 0 Å². The Balaban J connectivity index is 1.28. The Labute approximate surface area is 323 Å². The van der Waals surface area contributed by atoms with Gasteiger partial charge in [0, 0.05) is 35.3 Å². The number of fused-ring (bicyclic) bond motifs is 3. The van der Waals surface area contributed by atoms with Gasteiger partial charge in [0.05, 0.1) is 0 Å². The van der Waals surface area contributed by atoms with Gasteiger partial charge in [-0.25, -0.2) is 29.9 Å². The van der Waals surface area contributed by atoms with Crippen LogP contribution in [-0.4, -0.2) is 29.9 Å². The van der Waals surface area contributed by atoms with Crippen LogP contribution in [0, 0.1) is 20.8 Å². The average molecular weight is 751 g/mol. The molecule has 0 aliphatic rings. The van der Waals surface area contributed by atoms with Crippen LogP contribution in [0.5, 0.6) is 0 Å². The monoisotopic (exact) mass is 750 g/mol. The largest absolute Gasteiger partial charge is 0.244 e. The van der Waals surface area contributed by atoms with E-state index in [-0.39, 0.29) is 0 Å². The maximum absolute atomic E-state index is 5.09. The average Bonchev–Trinajstić information content (AvgIpc) is 3.95. The van der Waals surface area contributed by atoms with E-state index in [1.54, 1.807) is 34.0 Å². The first-order valence-electron chi connectivity index (χ1n) is 17.6. The first-order chi connectivity index (χ1) is 26.5. The number of hydrogen-bond donors (Lipinski definition) is 0. The number of benzene rings is 4. The number of nitrogens with zero attached hydrogens (tertiary/aromatic N) is 6. The van der Waals surface area contributed by atoms with Crippen molar-refractivity contribution in [2.45, 2.75) is 20.8 Å². The molecule has 0 N–H and O–H groups in total. The van der Waals surface area contributed by atoms with Gasteiger partial charge in [0.1, 0.15) is 46.1 Å². The second-order valence-electron chi connectivity index (χ2n) is 13.2. The van der Waals surface area contributed by atoms with E-state index in [9.17, 15) is 0 Å². The van der Waals surface area contributed by atoms with E-state index in [0.29, 0.717) is 0 Å². The molecule has 0 spiro atoms. The lowest BCUT2D eigenvalue weighted by atomic mass is 9.78. The quantitative estimate of drug-likeness (QED) is 0.168. The predicted octanol–water partition coefficient (Wildman–Crippen LogP) is 12.6. The molecule has 0 bridgehead atoms. The molecular weight excluding hydrogens is 721 g/mol. The zero-order valence-electron chi connectivity index (χ0n) is 29.5. The molecule has 0 saturated heterocycles. The molecule has 258 valence electrons. The lowest BCUT2D eigenvalue weighted by Crippen LogP contribution is -2.03. The summed E-state index contributed by atoms with van der Waals surface area (Å²) in [7, 11) is 0. The summed E-state index contributed by atoms with van der Waals surface area (Å²) in [6, 6.07) is 37.9. The van der Waals surface area contributed by atoms with Crippen LogP contribution in [-0.2, 0) is 0 Å². The lowest BCUT2D eigenvalue weighted by molar-refractivity contribution is 1.31. The normalized spacial score (nSPS) is 11.6. The lowest BCUT2D eigenvalue weighted by Gasteiger charge is -2.26. The highest BCUT2D eigenvalue weighted by Gasteiger charge is 2.26. The fourth-order valence-electron chi connectivity index (χ4n) is 7.75. The second-order valence-corrected chi connectivity index (χ2v) is 16.1. The summed E-state index contributed by atoms with van der Waals surface area (Å²) in [6.45, 7) is 6.81. The number of aromatic nitrogens is 6. The van der Waals surface area contributed by atoms with Crippen molar-refractivity contribution in [3.63, 3.8) is 0 Å². The van der Waals surface area contributed by atoms with Crippen LogP contribution in [0.1, 0.15) is 16.7 Å². The van der Waals surface area contributed by atoms with E-state index in [1.807, 2.05) is 55.0 Å². The Hall–Kier alpha value is -6.00. The standard InChI is InChI=1S/C45H30N6S3/c1-25-37(28-13-4-7-16-31(28)40-49-34-19-10-22-46-43(34)52-40)26(2)39(30-15-6-9-18-33(30)42-51-36-21-12-24-48-45(36)54-42)27(3)38(25)29-14-5-8-17-32(29)41-50-35-20-11-23-47-44(35)53-41/h4-24H,1-3H3. The molecule has 0 aliphatic heterocycles. The minimum Gasteiger partial charge on any atom is -0.244 e. The number of rotatable bonds is 6. The van der Waals surface area contributed by atoms with Gasteiger partial charge in [-0.3, -0.25) is 0 Å². The molecule has 0 amide bonds. The molecule has 6 heterocycles. The van der Waals surface area contributed by atoms with Crippen LogP contribution in [0.2, 0.25) is 0 Å². The molecule has 4 aromatic carbocycles. The number of pyridine rings is 3. The second kappa shape index (κ2) is 13.1.